The lowest BCUT2D eigenvalue weighted by atomic mass is 9.99. The Labute approximate surface area is 223 Å². The normalized spacial score (nSPS) is 16.7. The fourth-order valence-corrected chi connectivity index (χ4v) is 4.42. The van der Waals surface area contributed by atoms with E-state index in [4.69, 9.17) is 11.5 Å². The van der Waals surface area contributed by atoms with Crippen molar-refractivity contribution in [2.75, 3.05) is 19.8 Å². The molecule has 1 aromatic rings. The van der Waals surface area contributed by atoms with Crippen molar-refractivity contribution in [2.24, 2.45) is 22.4 Å². The van der Waals surface area contributed by atoms with Crippen LogP contribution in [0.25, 0.3) is 0 Å². The van der Waals surface area contributed by atoms with Crippen molar-refractivity contribution in [2.45, 2.75) is 77.4 Å². The highest BCUT2D eigenvalue weighted by molar-refractivity contribution is 5.99. The first-order chi connectivity index (χ1) is 18.0. The first kappa shape index (κ1) is 30.7. The van der Waals surface area contributed by atoms with E-state index in [1.54, 1.807) is 12.1 Å². The molecule has 0 aromatic heterocycles. The fourth-order valence-electron chi connectivity index (χ4n) is 4.42. The van der Waals surface area contributed by atoms with E-state index in [1.165, 1.54) is 4.90 Å². The number of guanidine groups is 1. The minimum atomic E-state index is -1.22. The molecule has 1 aromatic carbocycles. The van der Waals surface area contributed by atoms with Crippen molar-refractivity contribution in [3.05, 3.63) is 35.4 Å². The van der Waals surface area contributed by atoms with Crippen LogP contribution in [0.15, 0.2) is 29.3 Å². The molecule has 11 heteroatoms. The van der Waals surface area contributed by atoms with Gasteiger partial charge in [-0.25, -0.2) is 4.39 Å². The van der Waals surface area contributed by atoms with Gasteiger partial charge in [-0.05, 0) is 55.2 Å². The van der Waals surface area contributed by atoms with Crippen molar-refractivity contribution in [1.82, 2.24) is 15.5 Å². The summed E-state index contributed by atoms with van der Waals surface area (Å²) < 4.78 is 13.2. The molecule has 0 bridgehead atoms. The number of hydrogen-bond acceptors (Lipinski definition) is 5. The van der Waals surface area contributed by atoms with Gasteiger partial charge >= 0.3 is 0 Å². The molecular formula is C27H41FN6O4. The molecule has 3 unspecified atom stereocenters. The highest BCUT2D eigenvalue weighted by Crippen LogP contribution is 2.21. The van der Waals surface area contributed by atoms with Crippen LogP contribution in [-0.2, 0) is 14.4 Å². The molecule has 0 spiro atoms. The molecule has 1 aliphatic heterocycles. The van der Waals surface area contributed by atoms with Crippen LogP contribution in [0.5, 0.6) is 0 Å². The number of hydrogen-bond donors (Lipinski definition) is 4. The number of carbonyl (C=O) groups is 4. The Bertz CT molecular complexity index is 1010. The first-order valence-electron chi connectivity index (χ1n) is 13.1. The van der Waals surface area contributed by atoms with Gasteiger partial charge in [0, 0.05) is 18.7 Å². The number of benzene rings is 1. The number of aliphatic imine (C=N–C) groups is 1. The van der Waals surface area contributed by atoms with E-state index >= 15 is 0 Å². The molecule has 0 radical (unpaired) electrons. The summed E-state index contributed by atoms with van der Waals surface area (Å²) in [5, 5.41) is 5.44. The summed E-state index contributed by atoms with van der Waals surface area (Å²) >= 11 is 0. The van der Waals surface area contributed by atoms with Gasteiger partial charge in [-0.2, -0.15) is 0 Å². The van der Waals surface area contributed by atoms with E-state index in [0.29, 0.717) is 37.3 Å². The second-order valence-corrected chi connectivity index (χ2v) is 10.3. The standard InChI is InChI=1S/C27H41FN6O4/c1-16(2)18-9-11-19(12-10-18)24(36)33-23(17(3)4)26(38)34-14-6-8-21(34)25(37)32-20(22(35)15-28)7-5-13-31-27(29)30/h9-12,16-17,20-21,23H,5-8,13-15H2,1-4H3,(H,32,37)(H,33,36)(H4,29,30,31). The van der Waals surface area contributed by atoms with Crippen LogP contribution in [0.2, 0.25) is 0 Å². The molecule has 3 atom stereocenters. The summed E-state index contributed by atoms with van der Waals surface area (Å²) in [6.45, 7) is 7.12. The minimum Gasteiger partial charge on any atom is -0.370 e. The van der Waals surface area contributed by atoms with E-state index in [-0.39, 0.29) is 36.7 Å². The number of Topliss-reactive ketones (excluding diaryl/α,β-unsaturated/α-hetero) is 1. The molecule has 6 N–H and O–H groups in total. The van der Waals surface area contributed by atoms with Crippen molar-refractivity contribution >= 4 is 29.5 Å². The van der Waals surface area contributed by atoms with E-state index in [9.17, 15) is 23.6 Å². The number of carbonyl (C=O) groups excluding carboxylic acids is 4. The second kappa shape index (κ2) is 14.4. The topological polar surface area (TPSA) is 160 Å². The van der Waals surface area contributed by atoms with E-state index < -0.39 is 36.5 Å². The first-order valence-corrected chi connectivity index (χ1v) is 13.1. The Morgan fingerprint density at radius 3 is 2.29 bits per heavy atom. The van der Waals surface area contributed by atoms with Crippen molar-refractivity contribution < 1.29 is 23.6 Å². The molecule has 1 fully saturated rings. The molecule has 1 heterocycles. The maximum atomic E-state index is 13.5. The average molecular weight is 533 g/mol. The van der Waals surface area contributed by atoms with Crippen LogP contribution >= 0.6 is 0 Å². The van der Waals surface area contributed by atoms with Crippen LogP contribution in [0.1, 0.15) is 75.2 Å². The third kappa shape index (κ3) is 8.53. The van der Waals surface area contributed by atoms with Gasteiger partial charge in [-0.15, -0.1) is 0 Å². The summed E-state index contributed by atoms with van der Waals surface area (Å²) in [6, 6.07) is 4.52. The Balaban J connectivity index is 2.10. The summed E-state index contributed by atoms with van der Waals surface area (Å²) in [7, 11) is 0. The number of likely N-dealkylation sites (tertiary alicyclic amines) is 1. The number of nitrogens with zero attached hydrogens (tertiary/aromatic N) is 2. The van der Waals surface area contributed by atoms with Gasteiger partial charge in [0.2, 0.25) is 11.8 Å². The lowest BCUT2D eigenvalue weighted by molar-refractivity contribution is -0.141. The fraction of sp³-hybridized carbons (Fsp3) is 0.593. The van der Waals surface area contributed by atoms with Crippen LogP contribution in [0.3, 0.4) is 0 Å². The van der Waals surface area contributed by atoms with Gasteiger partial charge in [0.15, 0.2) is 11.7 Å². The van der Waals surface area contributed by atoms with Gasteiger partial charge in [-0.3, -0.25) is 24.2 Å². The zero-order valence-corrected chi connectivity index (χ0v) is 22.7. The van der Waals surface area contributed by atoms with E-state index in [1.807, 2.05) is 26.0 Å². The van der Waals surface area contributed by atoms with Crippen LogP contribution in [0, 0.1) is 5.92 Å². The number of rotatable bonds is 13. The van der Waals surface area contributed by atoms with Crippen LogP contribution in [-0.4, -0.2) is 72.3 Å². The molecule has 2 rings (SSSR count). The summed E-state index contributed by atoms with van der Waals surface area (Å²) in [5.41, 5.74) is 12.1. The number of alkyl halides is 1. The molecular weight excluding hydrogens is 491 g/mol. The van der Waals surface area contributed by atoms with Gasteiger partial charge < -0.3 is 27.0 Å². The number of ketones is 1. The molecule has 210 valence electrons. The summed E-state index contributed by atoms with van der Waals surface area (Å²) in [4.78, 5) is 57.0. The quantitative estimate of drug-likeness (QED) is 0.172. The Morgan fingerprint density at radius 1 is 1.08 bits per heavy atom. The molecule has 1 saturated heterocycles. The predicted molar refractivity (Wildman–Crippen MR) is 144 cm³/mol. The largest absolute Gasteiger partial charge is 0.370 e. The lowest BCUT2D eigenvalue weighted by Gasteiger charge is -2.31. The SMILES string of the molecule is CC(C)c1ccc(C(=O)NC(C(=O)N2CCCC2C(=O)NC(CCCN=C(N)N)C(=O)CF)C(C)C)cc1. The summed E-state index contributed by atoms with van der Waals surface area (Å²) in [5.74, 6) is -2.03. The van der Waals surface area contributed by atoms with Gasteiger partial charge in [0.1, 0.15) is 18.8 Å². The predicted octanol–water partition coefficient (Wildman–Crippen LogP) is 1.63. The smallest absolute Gasteiger partial charge is 0.251 e. The monoisotopic (exact) mass is 532 g/mol. The summed E-state index contributed by atoms with van der Waals surface area (Å²) in [6.07, 6.45) is 1.51. The van der Waals surface area contributed by atoms with E-state index in [0.717, 1.165) is 5.56 Å². The zero-order valence-electron chi connectivity index (χ0n) is 22.7. The molecule has 38 heavy (non-hydrogen) atoms. The molecule has 0 saturated carbocycles. The van der Waals surface area contributed by atoms with Crippen LogP contribution < -0.4 is 22.1 Å². The average Bonchev–Trinajstić information content (AvgIpc) is 3.38. The number of halogens is 1. The van der Waals surface area contributed by atoms with Gasteiger partial charge in [0.05, 0.1) is 6.04 Å². The lowest BCUT2D eigenvalue weighted by Crippen LogP contribution is -2.56. The Kier molecular flexibility index (Phi) is 11.7. The number of nitrogens with two attached hydrogens (primary N) is 2. The molecule has 3 amide bonds. The Hall–Kier alpha value is -3.50. The third-order valence-electron chi connectivity index (χ3n) is 6.68. The third-order valence-corrected chi connectivity index (χ3v) is 6.68. The highest BCUT2D eigenvalue weighted by Gasteiger charge is 2.39. The molecule has 1 aliphatic rings. The van der Waals surface area contributed by atoms with Crippen molar-refractivity contribution in [3.63, 3.8) is 0 Å². The Morgan fingerprint density at radius 2 is 1.74 bits per heavy atom. The minimum absolute atomic E-state index is 0.0955. The van der Waals surface area contributed by atoms with Gasteiger partial charge in [-0.1, -0.05) is 39.8 Å². The van der Waals surface area contributed by atoms with Crippen molar-refractivity contribution in [3.8, 4) is 0 Å². The second-order valence-electron chi connectivity index (χ2n) is 10.3. The number of nitrogens with one attached hydrogen (secondary N) is 2. The van der Waals surface area contributed by atoms with Gasteiger partial charge in [0.25, 0.3) is 5.91 Å². The number of amides is 3. The molecule has 10 nitrogen and oxygen atoms in total. The maximum Gasteiger partial charge on any atom is 0.251 e. The highest BCUT2D eigenvalue weighted by atomic mass is 19.1. The zero-order chi connectivity index (χ0) is 28.4. The van der Waals surface area contributed by atoms with E-state index in [2.05, 4.69) is 29.5 Å². The maximum absolute atomic E-state index is 13.5. The van der Waals surface area contributed by atoms with Crippen molar-refractivity contribution in [1.29, 1.82) is 0 Å². The molecule has 0 aliphatic carbocycles. The van der Waals surface area contributed by atoms with Crippen LogP contribution in [0.4, 0.5) is 4.39 Å².